The fourth-order valence-corrected chi connectivity index (χ4v) is 15.2. The first kappa shape index (κ1) is 51.1. The molecule has 0 bridgehead atoms. The van der Waals surface area contributed by atoms with E-state index in [1.807, 2.05) is 0 Å². The van der Waals surface area contributed by atoms with Crippen LogP contribution in [0.25, 0.3) is 0 Å². The Morgan fingerprint density at radius 2 is 1.00 bits per heavy atom. The maximum Gasteiger partial charge on any atom is 0.192 e. The van der Waals surface area contributed by atoms with E-state index in [0.29, 0.717) is 5.54 Å². The Labute approximate surface area is 358 Å². The number of rotatable bonds is 27. The second-order valence-electron chi connectivity index (χ2n) is 22.2. The summed E-state index contributed by atoms with van der Waals surface area (Å²) >= 11 is 0. The van der Waals surface area contributed by atoms with Crippen molar-refractivity contribution in [1.82, 2.24) is 0 Å². The van der Waals surface area contributed by atoms with Crippen molar-refractivity contribution in [2.24, 2.45) is 0 Å². The summed E-state index contributed by atoms with van der Waals surface area (Å²) in [4.78, 5) is 0. The topological polar surface area (TPSA) is 36.9 Å². The Hall–Kier alpha value is -0.289. The van der Waals surface area contributed by atoms with Gasteiger partial charge in [0.05, 0.1) is 44.7 Å². The highest BCUT2D eigenvalue weighted by Crippen LogP contribution is 2.48. The summed E-state index contributed by atoms with van der Waals surface area (Å²) in [6.07, 6.45) is 27.7. The molecule has 2 saturated heterocycles. The molecule has 0 radical (unpaired) electrons. The molecule has 0 N–H and O–H groups in total. The van der Waals surface area contributed by atoms with Crippen LogP contribution in [0.3, 0.4) is 0 Å². The summed E-state index contributed by atoms with van der Waals surface area (Å²) < 4.78 is 29.6. The minimum absolute atomic E-state index is 0.106. The van der Waals surface area contributed by atoms with Gasteiger partial charge in [-0.2, -0.15) is 0 Å². The van der Waals surface area contributed by atoms with Gasteiger partial charge in [-0.25, -0.2) is 0 Å². The van der Waals surface area contributed by atoms with E-state index in [4.69, 9.17) is 18.3 Å². The molecule has 2 heterocycles. The number of benzene rings is 1. The molecule has 1 aromatic rings. The summed E-state index contributed by atoms with van der Waals surface area (Å²) in [6, 6.07) is 11.5. The van der Waals surface area contributed by atoms with E-state index < -0.39 is 24.7 Å². The molecule has 1 aromatic carbocycles. The van der Waals surface area contributed by atoms with Crippen LogP contribution in [0.1, 0.15) is 190 Å². The molecular formula is C50H96O4Si3. The molecule has 57 heavy (non-hydrogen) atoms. The number of hydrogen-bond donors (Lipinski definition) is 0. The van der Waals surface area contributed by atoms with Gasteiger partial charge >= 0.3 is 0 Å². The maximum absolute atomic E-state index is 7.54. The molecule has 2 fully saturated rings. The van der Waals surface area contributed by atoms with Gasteiger partial charge in [0.2, 0.25) is 0 Å². The van der Waals surface area contributed by atoms with E-state index >= 15 is 0 Å². The number of hydrogen-bond acceptors (Lipinski definition) is 4. The minimum atomic E-state index is -2.05. The highest BCUT2D eigenvalue weighted by atomic mass is 28.4. The van der Waals surface area contributed by atoms with Gasteiger partial charge in [0.25, 0.3) is 0 Å². The molecule has 3 rings (SSSR count). The second kappa shape index (κ2) is 23.8. The lowest BCUT2D eigenvalue weighted by molar-refractivity contribution is -0.107. The summed E-state index contributed by atoms with van der Waals surface area (Å²) in [5, 5.41) is 1.88. The van der Waals surface area contributed by atoms with Crippen LogP contribution in [0.5, 0.6) is 0 Å². The van der Waals surface area contributed by atoms with Crippen LogP contribution in [-0.4, -0.2) is 61.3 Å². The highest BCUT2D eigenvalue weighted by molar-refractivity contribution is 6.91. The van der Waals surface area contributed by atoms with Crippen molar-refractivity contribution in [1.29, 1.82) is 0 Å². The summed E-state index contributed by atoms with van der Waals surface area (Å²) in [6.45, 7) is 33.9. The molecule has 0 saturated carbocycles. The molecule has 2 aliphatic heterocycles. The zero-order valence-electron chi connectivity index (χ0n) is 40.4. The summed E-state index contributed by atoms with van der Waals surface area (Å²) in [5.41, 5.74) is 0.480. The van der Waals surface area contributed by atoms with Crippen LogP contribution in [-0.2, 0) is 18.3 Å². The third-order valence-electron chi connectivity index (χ3n) is 15.1. The van der Waals surface area contributed by atoms with Gasteiger partial charge in [0.15, 0.2) is 16.6 Å². The van der Waals surface area contributed by atoms with Crippen LogP contribution in [0.15, 0.2) is 30.3 Å². The monoisotopic (exact) mass is 845 g/mol. The predicted molar refractivity (Wildman–Crippen MR) is 257 cm³/mol. The molecule has 2 aliphatic rings. The average molecular weight is 846 g/mol. The lowest BCUT2D eigenvalue weighted by atomic mass is 10.00. The van der Waals surface area contributed by atoms with Crippen LogP contribution in [0, 0.1) is 0 Å². The van der Waals surface area contributed by atoms with E-state index in [-0.39, 0.29) is 46.7 Å². The summed E-state index contributed by atoms with van der Waals surface area (Å²) in [5.74, 6) is 0. The van der Waals surface area contributed by atoms with Crippen molar-refractivity contribution in [2.45, 2.75) is 282 Å². The number of unbranched alkanes of at least 4 members (excludes halogenated alkanes) is 14. The standard InChI is InChI=1S/C50H96O4Si3/c1-15-17-19-21-23-25-27-32-36-44(53-56(11,12)49(3,4)5)42-38-39-43(51-42)46-40-47(55(9,10)41-34-30-29-31-35-41)48(52-46)45(54-57(13,14)50(6,7)8)37-33-28-26-24-22-20-18-16-2/h29-31,34-35,42-48H,15-28,32-33,36-40H2,1-14H3/t42-,43+,44-,45+,46-,47+,48-/m1/s1. The van der Waals surface area contributed by atoms with Gasteiger partial charge in [0.1, 0.15) is 0 Å². The Kier molecular flexibility index (Phi) is 21.3. The molecule has 0 amide bonds. The van der Waals surface area contributed by atoms with E-state index in [1.165, 1.54) is 103 Å². The van der Waals surface area contributed by atoms with Crippen molar-refractivity contribution >= 4 is 29.9 Å². The molecular weight excluding hydrogens is 749 g/mol. The van der Waals surface area contributed by atoms with Crippen molar-refractivity contribution in [3.63, 3.8) is 0 Å². The molecule has 0 aliphatic carbocycles. The normalized spacial score (nSPS) is 23.6. The van der Waals surface area contributed by atoms with Gasteiger partial charge in [-0.15, -0.1) is 0 Å². The lowest BCUT2D eigenvalue weighted by Crippen LogP contribution is -2.53. The first-order chi connectivity index (χ1) is 26.7. The van der Waals surface area contributed by atoms with Crippen molar-refractivity contribution in [3.05, 3.63) is 30.3 Å². The fourth-order valence-electron chi connectivity index (χ4n) is 9.03. The van der Waals surface area contributed by atoms with Crippen LogP contribution in [0.4, 0.5) is 0 Å². The quantitative estimate of drug-likeness (QED) is 0.0653. The van der Waals surface area contributed by atoms with E-state index in [2.05, 4.69) is 125 Å². The molecule has 7 atom stereocenters. The van der Waals surface area contributed by atoms with E-state index in [0.717, 1.165) is 32.1 Å². The third-order valence-corrected chi connectivity index (χ3v) is 28.4. The third kappa shape index (κ3) is 15.8. The fraction of sp³-hybridized carbons (Fsp3) is 0.880. The Balaban J connectivity index is 1.84. The largest absolute Gasteiger partial charge is 0.411 e. The zero-order chi connectivity index (χ0) is 42.3. The molecule has 0 aromatic heterocycles. The van der Waals surface area contributed by atoms with Crippen LogP contribution >= 0.6 is 0 Å². The molecule has 0 spiro atoms. The number of ether oxygens (including phenoxy) is 2. The molecule has 7 heteroatoms. The van der Waals surface area contributed by atoms with Crippen molar-refractivity contribution in [3.8, 4) is 0 Å². The first-order valence-corrected chi connectivity index (χ1v) is 33.4. The maximum atomic E-state index is 7.54. The van der Waals surface area contributed by atoms with Gasteiger partial charge < -0.3 is 18.3 Å². The van der Waals surface area contributed by atoms with E-state index in [9.17, 15) is 0 Å². The average Bonchev–Trinajstić information content (AvgIpc) is 3.81. The zero-order valence-corrected chi connectivity index (χ0v) is 43.4. The first-order valence-electron chi connectivity index (χ1n) is 24.5. The van der Waals surface area contributed by atoms with Crippen molar-refractivity contribution < 1.29 is 18.3 Å². The van der Waals surface area contributed by atoms with Gasteiger partial charge in [-0.1, -0.05) is 207 Å². The second-order valence-corrected chi connectivity index (χ2v) is 36.5. The Bertz CT molecular complexity index is 1220. The van der Waals surface area contributed by atoms with Gasteiger partial charge in [-0.05, 0) is 73.9 Å². The van der Waals surface area contributed by atoms with Crippen molar-refractivity contribution in [2.75, 3.05) is 0 Å². The SMILES string of the molecule is CCCCCCCCCC[C@H](O[Si](C)(C)C(C)(C)C)[C@H]1O[C@@H]([C@@H]2CC[C@H]([C@@H](CCCCCCCCCC)O[Si](C)(C)C(C)(C)C)O2)C[C@@H]1[Si](C)(C)c1ccccc1. The molecule has 4 nitrogen and oxygen atoms in total. The predicted octanol–water partition coefficient (Wildman–Crippen LogP) is 15.5. The molecule has 0 unspecified atom stereocenters. The Morgan fingerprint density at radius 1 is 0.561 bits per heavy atom. The summed E-state index contributed by atoms with van der Waals surface area (Å²) in [7, 11) is -5.96. The van der Waals surface area contributed by atoms with Crippen LogP contribution in [0.2, 0.25) is 54.9 Å². The van der Waals surface area contributed by atoms with Crippen LogP contribution < -0.4 is 5.19 Å². The van der Waals surface area contributed by atoms with Gasteiger partial charge in [-0.3, -0.25) is 0 Å². The van der Waals surface area contributed by atoms with E-state index in [1.54, 1.807) is 5.19 Å². The van der Waals surface area contributed by atoms with Gasteiger partial charge in [0, 0.05) is 0 Å². The highest BCUT2D eigenvalue weighted by Gasteiger charge is 2.54. The minimum Gasteiger partial charge on any atom is -0.411 e. The smallest absolute Gasteiger partial charge is 0.192 e. The lowest BCUT2D eigenvalue weighted by Gasteiger charge is -2.43. The molecule has 332 valence electrons. The Morgan fingerprint density at radius 3 is 1.47 bits per heavy atom.